The van der Waals surface area contributed by atoms with E-state index in [1.54, 1.807) is 19.1 Å². The minimum atomic E-state index is -1.58. The topological polar surface area (TPSA) is 85.7 Å². The van der Waals surface area contributed by atoms with Gasteiger partial charge in [0.1, 0.15) is 29.7 Å². The van der Waals surface area contributed by atoms with Crippen LogP contribution >= 0.6 is 0 Å². The molecule has 1 saturated heterocycles. The van der Waals surface area contributed by atoms with E-state index in [0.29, 0.717) is 17.0 Å². The second-order valence-electron chi connectivity index (χ2n) is 5.02. The number of anilines is 1. The lowest BCUT2D eigenvalue weighted by Gasteiger charge is -2.22. The molecule has 7 heteroatoms. The lowest BCUT2D eigenvalue weighted by Crippen LogP contribution is -2.36. The Balaban J connectivity index is 2.08. The van der Waals surface area contributed by atoms with E-state index in [-0.39, 0.29) is 0 Å². The minimum absolute atomic E-state index is 0.298. The van der Waals surface area contributed by atoms with Gasteiger partial charge in [0.25, 0.3) is 0 Å². The largest absolute Gasteiger partial charge is 0.387 e. The number of rotatable bonds is 2. The van der Waals surface area contributed by atoms with Crippen LogP contribution in [0.1, 0.15) is 18.7 Å². The molecule has 3 N–H and O–H groups in total. The number of alkyl halides is 1. The Kier molecular flexibility index (Phi) is 2.77. The molecule has 3 rings (SSSR count). The molecule has 0 bridgehead atoms. The Bertz CT molecular complexity index is 673. The van der Waals surface area contributed by atoms with Gasteiger partial charge in [0.05, 0.1) is 5.69 Å². The van der Waals surface area contributed by atoms with E-state index in [2.05, 4.69) is 16.7 Å². The number of ether oxygens (including phenoxy) is 1. The molecular formula is C13H15FN4O2. The van der Waals surface area contributed by atoms with Gasteiger partial charge in [-0.25, -0.2) is 13.9 Å². The van der Waals surface area contributed by atoms with Crippen molar-refractivity contribution in [1.82, 2.24) is 14.6 Å². The number of aromatic nitrogens is 3. The van der Waals surface area contributed by atoms with Crippen molar-refractivity contribution < 1.29 is 14.2 Å². The summed E-state index contributed by atoms with van der Waals surface area (Å²) in [6.07, 6.45) is -1.10. The molecule has 0 saturated carbocycles. The lowest BCUT2D eigenvalue weighted by atomic mass is 9.97. The molecule has 0 unspecified atom stereocenters. The second kappa shape index (κ2) is 4.26. The average Bonchev–Trinajstić information content (AvgIpc) is 2.96. The third-order valence-corrected chi connectivity index (χ3v) is 3.77. The molecule has 1 fully saturated rings. The predicted molar refractivity (Wildman–Crippen MR) is 70.7 cm³/mol. The van der Waals surface area contributed by atoms with Crippen LogP contribution in [0.25, 0.3) is 5.52 Å². The summed E-state index contributed by atoms with van der Waals surface area (Å²) in [5.74, 6) is 0.298. The summed E-state index contributed by atoms with van der Waals surface area (Å²) in [5, 5.41) is 14.0. The third-order valence-electron chi connectivity index (χ3n) is 3.77. The molecule has 3 heterocycles. The lowest BCUT2D eigenvalue weighted by molar-refractivity contribution is -0.0371. The van der Waals surface area contributed by atoms with E-state index < -0.39 is 24.0 Å². The molecule has 4 atom stereocenters. The van der Waals surface area contributed by atoms with E-state index in [9.17, 15) is 9.50 Å². The molecule has 0 aliphatic carbocycles. The van der Waals surface area contributed by atoms with E-state index in [4.69, 9.17) is 10.5 Å². The van der Waals surface area contributed by atoms with Gasteiger partial charge in [-0.2, -0.15) is 5.10 Å². The fraction of sp³-hybridized carbons (Fsp3) is 0.385. The van der Waals surface area contributed by atoms with Crippen molar-refractivity contribution in [3.8, 4) is 0 Å². The molecule has 1 aliphatic rings. The Morgan fingerprint density at radius 3 is 3.00 bits per heavy atom. The fourth-order valence-electron chi connectivity index (χ4n) is 2.47. The zero-order valence-electron chi connectivity index (χ0n) is 10.9. The van der Waals surface area contributed by atoms with Crippen LogP contribution < -0.4 is 5.73 Å². The molecule has 0 amide bonds. The maximum Gasteiger partial charge on any atom is 0.161 e. The summed E-state index contributed by atoms with van der Waals surface area (Å²) in [5.41, 5.74) is 5.65. The zero-order valence-corrected chi connectivity index (χ0v) is 10.9. The fourth-order valence-corrected chi connectivity index (χ4v) is 2.47. The van der Waals surface area contributed by atoms with E-state index in [1.165, 1.54) is 16.9 Å². The predicted octanol–water partition coefficient (Wildman–Crippen LogP) is 1.03. The number of fused-ring (bicyclic) bond motifs is 1. The number of nitrogens with two attached hydrogens (primary N) is 1. The molecule has 1 aliphatic heterocycles. The number of nitrogens with zero attached hydrogens (tertiary/aromatic N) is 3. The van der Waals surface area contributed by atoms with E-state index >= 15 is 0 Å². The Labute approximate surface area is 114 Å². The summed E-state index contributed by atoms with van der Waals surface area (Å²) in [6, 6.07) is 3.36. The van der Waals surface area contributed by atoms with Crippen LogP contribution in [0.5, 0.6) is 0 Å². The molecule has 0 radical (unpaired) electrons. The van der Waals surface area contributed by atoms with Crippen LogP contribution in [0.3, 0.4) is 0 Å². The molecule has 20 heavy (non-hydrogen) atoms. The van der Waals surface area contributed by atoms with Crippen LogP contribution in [0.2, 0.25) is 0 Å². The normalized spacial score (nSPS) is 33.6. The Morgan fingerprint density at radius 2 is 2.35 bits per heavy atom. The average molecular weight is 278 g/mol. The monoisotopic (exact) mass is 278 g/mol. The quantitative estimate of drug-likeness (QED) is 0.801. The second-order valence-corrected chi connectivity index (χ2v) is 5.02. The van der Waals surface area contributed by atoms with Crippen molar-refractivity contribution in [2.24, 2.45) is 0 Å². The number of hydrogen-bond donors (Lipinski definition) is 2. The first-order chi connectivity index (χ1) is 9.48. The van der Waals surface area contributed by atoms with Crippen molar-refractivity contribution in [2.45, 2.75) is 30.9 Å². The van der Waals surface area contributed by atoms with Gasteiger partial charge in [-0.3, -0.25) is 0 Å². The van der Waals surface area contributed by atoms with Gasteiger partial charge in [0.2, 0.25) is 0 Å². The standard InChI is InChI=1S/C13H15FN4O2/c1-3-13(2)11(19)9(14)10(20-13)7-4-5-8-12(15)16-6-17-18(7)8/h3-6,9-11,19H,1H2,2H3,(H2,15,16,17)/t9-,10-,11-,13+/m0/s1. The highest BCUT2D eigenvalue weighted by Crippen LogP contribution is 2.42. The smallest absolute Gasteiger partial charge is 0.161 e. The van der Waals surface area contributed by atoms with Gasteiger partial charge in [-0.05, 0) is 19.1 Å². The van der Waals surface area contributed by atoms with Gasteiger partial charge in [0, 0.05) is 0 Å². The van der Waals surface area contributed by atoms with Crippen molar-refractivity contribution >= 4 is 11.3 Å². The van der Waals surface area contributed by atoms with Crippen LogP contribution in [0.15, 0.2) is 31.1 Å². The van der Waals surface area contributed by atoms with Crippen LogP contribution in [0.4, 0.5) is 10.2 Å². The van der Waals surface area contributed by atoms with Crippen molar-refractivity contribution in [2.75, 3.05) is 5.73 Å². The van der Waals surface area contributed by atoms with Crippen LogP contribution in [-0.4, -0.2) is 37.6 Å². The molecule has 106 valence electrons. The van der Waals surface area contributed by atoms with Crippen molar-refractivity contribution in [3.05, 3.63) is 36.8 Å². The number of halogens is 1. The zero-order chi connectivity index (χ0) is 14.5. The third kappa shape index (κ3) is 1.63. The van der Waals surface area contributed by atoms with Gasteiger partial charge in [-0.15, -0.1) is 6.58 Å². The highest BCUT2D eigenvalue weighted by Gasteiger charge is 2.52. The Morgan fingerprint density at radius 1 is 1.60 bits per heavy atom. The summed E-state index contributed by atoms with van der Waals surface area (Å²) < 4.78 is 21.5. The Hall–Kier alpha value is -1.99. The number of hydrogen-bond acceptors (Lipinski definition) is 5. The van der Waals surface area contributed by atoms with Gasteiger partial charge >= 0.3 is 0 Å². The van der Waals surface area contributed by atoms with Crippen molar-refractivity contribution in [1.29, 1.82) is 0 Å². The summed E-state index contributed by atoms with van der Waals surface area (Å²) in [4.78, 5) is 3.87. The summed E-state index contributed by atoms with van der Waals surface area (Å²) in [6.45, 7) is 5.18. The molecule has 6 nitrogen and oxygen atoms in total. The SMILES string of the molecule is C=C[C@@]1(C)O[C@@H](c2ccc3c(N)ncnn23)[C@H](F)[C@@H]1O. The van der Waals surface area contributed by atoms with Crippen molar-refractivity contribution in [3.63, 3.8) is 0 Å². The minimum Gasteiger partial charge on any atom is -0.387 e. The van der Waals surface area contributed by atoms with E-state index in [1.807, 2.05) is 0 Å². The molecule has 2 aromatic heterocycles. The van der Waals surface area contributed by atoms with Crippen LogP contribution in [-0.2, 0) is 4.74 Å². The maximum absolute atomic E-state index is 14.3. The summed E-state index contributed by atoms with van der Waals surface area (Å²) >= 11 is 0. The molecule has 0 spiro atoms. The molecule has 0 aromatic carbocycles. The van der Waals surface area contributed by atoms with Gasteiger partial charge < -0.3 is 15.6 Å². The highest BCUT2D eigenvalue weighted by atomic mass is 19.1. The first-order valence-electron chi connectivity index (χ1n) is 6.19. The van der Waals surface area contributed by atoms with Crippen LogP contribution in [0, 0.1) is 0 Å². The van der Waals surface area contributed by atoms with Gasteiger partial charge in [0.15, 0.2) is 12.0 Å². The first-order valence-corrected chi connectivity index (χ1v) is 6.19. The van der Waals surface area contributed by atoms with E-state index in [0.717, 1.165) is 0 Å². The molecule has 2 aromatic rings. The first kappa shape index (κ1) is 13.0. The molecular weight excluding hydrogens is 263 g/mol. The highest BCUT2D eigenvalue weighted by molar-refractivity contribution is 5.65. The number of aliphatic hydroxyl groups excluding tert-OH is 1. The maximum atomic E-state index is 14.3. The summed E-state index contributed by atoms with van der Waals surface area (Å²) in [7, 11) is 0. The number of nitrogen functional groups attached to an aromatic ring is 1. The number of aliphatic hydroxyl groups is 1. The van der Waals surface area contributed by atoms with Gasteiger partial charge in [-0.1, -0.05) is 6.08 Å².